The Morgan fingerprint density at radius 3 is 3.14 bits per heavy atom. The van der Waals surface area contributed by atoms with Crippen molar-refractivity contribution in [1.29, 1.82) is 0 Å². The number of rotatable bonds is 4. The van der Waals surface area contributed by atoms with Gasteiger partial charge in [0.25, 0.3) is 0 Å². The second-order valence-electron chi connectivity index (χ2n) is 5.46. The molecule has 22 heavy (non-hydrogen) atoms. The number of amides is 1. The Morgan fingerprint density at radius 1 is 1.59 bits per heavy atom. The summed E-state index contributed by atoms with van der Waals surface area (Å²) < 4.78 is 6.94. The number of hydrogen-bond acceptors (Lipinski definition) is 6. The van der Waals surface area contributed by atoms with Gasteiger partial charge in [-0.05, 0) is 6.92 Å². The van der Waals surface area contributed by atoms with E-state index >= 15 is 0 Å². The number of imidazole rings is 1. The summed E-state index contributed by atoms with van der Waals surface area (Å²) in [4.78, 5) is 18.7. The fraction of sp³-hybridized carbons (Fsp3) is 0.500. The average Bonchev–Trinajstić information content (AvgIpc) is 3.08. The third-order valence-corrected chi connectivity index (χ3v) is 3.75. The zero-order valence-corrected chi connectivity index (χ0v) is 12.7. The monoisotopic (exact) mass is 304 g/mol. The molecule has 8 heteroatoms. The maximum absolute atomic E-state index is 12.2. The largest absolute Gasteiger partial charge is 0.360 e. The molecular weight excluding hydrogens is 284 g/mol. The summed E-state index contributed by atoms with van der Waals surface area (Å²) in [6.07, 6.45) is 3.70. The number of aryl methyl sites for hydroxylation is 2. The standard InChI is InChI=1S/C14H20N6O2/c1-10-7-12(18-22-10)17-13(21)9-20-6-3-15-8-11(20)14-16-4-5-19(14)2/h4-5,7,11,15H,3,6,8-9H2,1-2H3,(H,17,18,21). The van der Waals surface area contributed by atoms with E-state index in [0.717, 1.165) is 25.5 Å². The van der Waals surface area contributed by atoms with Gasteiger partial charge in [0, 0.05) is 45.1 Å². The van der Waals surface area contributed by atoms with Crippen LogP contribution in [0.1, 0.15) is 17.6 Å². The van der Waals surface area contributed by atoms with Gasteiger partial charge in [0.15, 0.2) is 5.82 Å². The Balaban J connectivity index is 1.66. The smallest absolute Gasteiger partial charge is 0.239 e. The molecule has 0 aromatic carbocycles. The molecule has 1 aliphatic rings. The van der Waals surface area contributed by atoms with Crippen LogP contribution in [-0.4, -0.2) is 51.7 Å². The molecular formula is C14H20N6O2. The molecule has 1 saturated heterocycles. The Kier molecular flexibility index (Phi) is 4.21. The molecule has 1 unspecified atom stereocenters. The van der Waals surface area contributed by atoms with Crippen LogP contribution in [0.4, 0.5) is 5.82 Å². The van der Waals surface area contributed by atoms with Crippen molar-refractivity contribution in [3.63, 3.8) is 0 Å². The molecule has 2 N–H and O–H groups in total. The Bertz CT molecular complexity index is 649. The predicted molar refractivity (Wildman–Crippen MR) is 80.3 cm³/mol. The third-order valence-electron chi connectivity index (χ3n) is 3.75. The van der Waals surface area contributed by atoms with Gasteiger partial charge in [0.2, 0.25) is 5.91 Å². The minimum absolute atomic E-state index is 0.0820. The van der Waals surface area contributed by atoms with E-state index in [-0.39, 0.29) is 11.9 Å². The lowest BCUT2D eigenvalue weighted by atomic mass is 10.1. The number of aromatic nitrogens is 3. The number of carbonyl (C=O) groups excluding carboxylic acids is 1. The first kappa shape index (κ1) is 14.7. The van der Waals surface area contributed by atoms with Crippen LogP contribution < -0.4 is 10.6 Å². The average molecular weight is 304 g/mol. The number of piperazine rings is 1. The Morgan fingerprint density at radius 2 is 2.45 bits per heavy atom. The van der Waals surface area contributed by atoms with Crippen LogP contribution in [0.3, 0.4) is 0 Å². The zero-order valence-electron chi connectivity index (χ0n) is 12.7. The normalized spacial score (nSPS) is 19.3. The molecule has 1 fully saturated rings. The van der Waals surface area contributed by atoms with E-state index in [4.69, 9.17) is 4.52 Å². The summed E-state index contributed by atoms with van der Waals surface area (Å²) in [7, 11) is 1.97. The van der Waals surface area contributed by atoms with E-state index in [1.807, 2.05) is 17.8 Å². The molecule has 2 aromatic rings. The van der Waals surface area contributed by atoms with Crippen LogP contribution in [0.2, 0.25) is 0 Å². The fourth-order valence-electron chi connectivity index (χ4n) is 2.68. The van der Waals surface area contributed by atoms with Gasteiger partial charge in [0.05, 0.1) is 12.6 Å². The van der Waals surface area contributed by atoms with Gasteiger partial charge >= 0.3 is 0 Å². The summed E-state index contributed by atoms with van der Waals surface area (Å²) in [6, 6.07) is 1.78. The van der Waals surface area contributed by atoms with Crippen LogP contribution >= 0.6 is 0 Å². The number of nitrogens with one attached hydrogen (secondary N) is 2. The van der Waals surface area contributed by atoms with Gasteiger partial charge < -0.3 is 19.7 Å². The van der Waals surface area contributed by atoms with Crippen molar-refractivity contribution in [1.82, 2.24) is 24.9 Å². The molecule has 0 saturated carbocycles. The Labute approximate surface area is 128 Å². The lowest BCUT2D eigenvalue weighted by Crippen LogP contribution is -2.49. The van der Waals surface area contributed by atoms with Crippen molar-refractivity contribution in [2.24, 2.45) is 7.05 Å². The van der Waals surface area contributed by atoms with Gasteiger partial charge in [-0.15, -0.1) is 0 Å². The minimum Gasteiger partial charge on any atom is -0.360 e. The molecule has 1 amide bonds. The SMILES string of the molecule is Cc1cc(NC(=O)CN2CCNCC2c2nccn2C)no1. The van der Waals surface area contributed by atoms with E-state index in [9.17, 15) is 4.79 Å². The van der Waals surface area contributed by atoms with Crippen molar-refractivity contribution in [3.05, 3.63) is 30.0 Å². The van der Waals surface area contributed by atoms with E-state index in [1.54, 1.807) is 19.2 Å². The molecule has 8 nitrogen and oxygen atoms in total. The fourth-order valence-corrected chi connectivity index (χ4v) is 2.68. The second kappa shape index (κ2) is 6.29. The third kappa shape index (κ3) is 3.18. The summed E-state index contributed by atoms with van der Waals surface area (Å²) in [5.41, 5.74) is 0. The molecule has 2 aromatic heterocycles. The van der Waals surface area contributed by atoms with Crippen LogP contribution in [0.5, 0.6) is 0 Å². The van der Waals surface area contributed by atoms with Crippen LogP contribution in [0.15, 0.2) is 23.0 Å². The van der Waals surface area contributed by atoms with Gasteiger partial charge in [-0.3, -0.25) is 9.69 Å². The number of nitrogens with zero attached hydrogens (tertiary/aromatic N) is 4. The minimum atomic E-state index is -0.102. The number of anilines is 1. The summed E-state index contributed by atoms with van der Waals surface area (Å²) in [5, 5.41) is 9.89. The molecule has 3 heterocycles. The first-order chi connectivity index (χ1) is 10.6. The molecule has 1 atom stereocenters. The maximum Gasteiger partial charge on any atom is 0.239 e. The van der Waals surface area contributed by atoms with Crippen LogP contribution in [0, 0.1) is 6.92 Å². The highest BCUT2D eigenvalue weighted by atomic mass is 16.5. The zero-order chi connectivity index (χ0) is 15.5. The van der Waals surface area contributed by atoms with Crippen molar-refractivity contribution in [3.8, 4) is 0 Å². The van der Waals surface area contributed by atoms with Crippen molar-refractivity contribution < 1.29 is 9.32 Å². The van der Waals surface area contributed by atoms with E-state index in [2.05, 4.69) is 25.7 Å². The number of carbonyl (C=O) groups is 1. The van der Waals surface area contributed by atoms with Gasteiger partial charge in [-0.2, -0.15) is 0 Å². The summed E-state index contributed by atoms with van der Waals surface area (Å²) >= 11 is 0. The van der Waals surface area contributed by atoms with Gasteiger partial charge in [0.1, 0.15) is 11.6 Å². The second-order valence-corrected chi connectivity index (χ2v) is 5.46. The van der Waals surface area contributed by atoms with Crippen LogP contribution in [-0.2, 0) is 11.8 Å². The summed E-state index contributed by atoms with van der Waals surface area (Å²) in [6.45, 7) is 4.52. The topological polar surface area (TPSA) is 88.2 Å². The first-order valence-electron chi connectivity index (χ1n) is 7.28. The van der Waals surface area contributed by atoms with E-state index < -0.39 is 0 Å². The Hall–Kier alpha value is -2.19. The molecule has 0 bridgehead atoms. The molecule has 3 rings (SSSR count). The molecule has 118 valence electrons. The van der Waals surface area contributed by atoms with Crippen molar-refractivity contribution in [2.75, 3.05) is 31.5 Å². The molecule has 1 aliphatic heterocycles. The first-order valence-corrected chi connectivity index (χ1v) is 7.28. The molecule has 0 aliphatic carbocycles. The predicted octanol–water partition coefficient (Wildman–Crippen LogP) is 0.302. The number of hydrogen-bond donors (Lipinski definition) is 2. The summed E-state index contributed by atoms with van der Waals surface area (Å²) in [5.74, 6) is 1.97. The van der Waals surface area contributed by atoms with Crippen molar-refractivity contribution >= 4 is 11.7 Å². The van der Waals surface area contributed by atoms with E-state index in [1.165, 1.54) is 0 Å². The molecule has 0 radical (unpaired) electrons. The van der Waals surface area contributed by atoms with Gasteiger partial charge in [-0.25, -0.2) is 4.98 Å². The highest BCUT2D eigenvalue weighted by Crippen LogP contribution is 2.20. The maximum atomic E-state index is 12.2. The highest BCUT2D eigenvalue weighted by molar-refractivity contribution is 5.91. The highest BCUT2D eigenvalue weighted by Gasteiger charge is 2.28. The van der Waals surface area contributed by atoms with Gasteiger partial charge in [-0.1, -0.05) is 5.16 Å². The van der Waals surface area contributed by atoms with Crippen LogP contribution in [0.25, 0.3) is 0 Å². The lowest BCUT2D eigenvalue weighted by molar-refractivity contribution is -0.118. The lowest BCUT2D eigenvalue weighted by Gasteiger charge is -2.35. The molecule has 0 spiro atoms. The quantitative estimate of drug-likeness (QED) is 0.845. The van der Waals surface area contributed by atoms with Crippen molar-refractivity contribution in [2.45, 2.75) is 13.0 Å². The van der Waals surface area contributed by atoms with E-state index in [0.29, 0.717) is 18.1 Å².